The fraction of sp³-hybridized carbons (Fsp3) is 0.261. The summed E-state index contributed by atoms with van der Waals surface area (Å²) in [5.74, 6) is -2.77. The van der Waals surface area contributed by atoms with Crippen molar-refractivity contribution in [3.05, 3.63) is 74.4 Å². The zero-order valence-electron chi connectivity index (χ0n) is 19.3. The number of hydrogen-bond donors (Lipinski definition) is 0. The van der Waals surface area contributed by atoms with Crippen LogP contribution in [0.5, 0.6) is 17.4 Å². The molecule has 37 heavy (non-hydrogen) atoms. The van der Waals surface area contributed by atoms with Crippen molar-refractivity contribution >= 4 is 5.97 Å². The molecule has 0 N–H and O–H groups in total. The number of halogens is 4. The molecule has 0 saturated carbocycles. The highest BCUT2D eigenvalue weighted by molar-refractivity contribution is 5.72. The Kier molecular flexibility index (Phi) is 8.08. The smallest absolute Gasteiger partial charge is 0.431 e. The first-order valence-corrected chi connectivity index (χ1v) is 10.4. The van der Waals surface area contributed by atoms with Gasteiger partial charge in [0.1, 0.15) is 23.3 Å². The number of nitrogens with zero attached hydrogens (tertiary/aromatic N) is 4. The van der Waals surface area contributed by atoms with Gasteiger partial charge in [0.05, 0.1) is 11.3 Å². The molecule has 2 heterocycles. The monoisotopic (exact) mass is 522 g/mol. The van der Waals surface area contributed by atoms with Crippen molar-refractivity contribution in [3.63, 3.8) is 0 Å². The summed E-state index contributed by atoms with van der Waals surface area (Å²) in [5, 5.41) is 9.43. The molecule has 0 aliphatic heterocycles. The van der Waals surface area contributed by atoms with E-state index in [4.69, 9.17) is 14.2 Å². The van der Waals surface area contributed by atoms with Gasteiger partial charge in [-0.1, -0.05) is 0 Å². The summed E-state index contributed by atoms with van der Waals surface area (Å²) >= 11 is 0. The number of ether oxygens (including phenoxy) is 3. The second-order valence-corrected chi connectivity index (χ2v) is 7.43. The van der Waals surface area contributed by atoms with E-state index in [1.807, 2.05) is 0 Å². The van der Waals surface area contributed by atoms with E-state index in [0.29, 0.717) is 19.1 Å². The summed E-state index contributed by atoms with van der Waals surface area (Å²) in [6, 6.07) is 5.97. The van der Waals surface area contributed by atoms with Crippen molar-refractivity contribution in [1.29, 1.82) is 5.26 Å². The Morgan fingerprint density at radius 1 is 1.19 bits per heavy atom. The van der Waals surface area contributed by atoms with Gasteiger partial charge in [-0.25, -0.2) is 18.7 Å². The van der Waals surface area contributed by atoms with Gasteiger partial charge in [0, 0.05) is 45.5 Å². The average Bonchev–Trinajstić information content (AvgIpc) is 2.83. The molecule has 0 aliphatic carbocycles. The topological polar surface area (TPSA) is 125 Å². The maximum atomic E-state index is 14.8. The Morgan fingerprint density at radius 2 is 1.92 bits per heavy atom. The number of benzene rings is 1. The molecule has 0 unspecified atom stereocenters. The van der Waals surface area contributed by atoms with Gasteiger partial charge >= 0.3 is 17.8 Å². The molecule has 194 valence electrons. The van der Waals surface area contributed by atoms with E-state index in [-0.39, 0.29) is 38.8 Å². The standard InChI is InChI=1S/C23H18F4N4O6/c1-30-18(23(25,26)27)11-19(32)31(22(30)34)15-10-17(13(12-28)9-14(15)24)36-16-5-3-7-29-21(16)37-20(33)6-4-8-35-2/h3,5,7,9-11H,4,6,8H2,1-2H3. The summed E-state index contributed by atoms with van der Waals surface area (Å²) in [6.07, 6.45) is -3.36. The van der Waals surface area contributed by atoms with Crippen LogP contribution in [0.3, 0.4) is 0 Å². The van der Waals surface area contributed by atoms with Gasteiger partial charge < -0.3 is 14.2 Å². The number of esters is 1. The van der Waals surface area contributed by atoms with Gasteiger partial charge in [-0.2, -0.15) is 18.4 Å². The summed E-state index contributed by atoms with van der Waals surface area (Å²) < 4.78 is 70.3. The molecule has 3 rings (SSSR count). The Balaban J connectivity index is 2.07. The van der Waals surface area contributed by atoms with Crippen LogP contribution in [-0.4, -0.2) is 33.8 Å². The number of carbonyl (C=O) groups is 1. The lowest BCUT2D eigenvalue weighted by Gasteiger charge is -2.16. The first kappa shape index (κ1) is 27.1. The highest BCUT2D eigenvalue weighted by Crippen LogP contribution is 2.34. The van der Waals surface area contributed by atoms with E-state index in [2.05, 4.69) is 4.98 Å². The van der Waals surface area contributed by atoms with Gasteiger partial charge in [0.2, 0.25) is 0 Å². The fourth-order valence-electron chi connectivity index (χ4n) is 3.17. The lowest BCUT2D eigenvalue weighted by Crippen LogP contribution is -2.41. The quantitative estimate of drug-likeness (QED) is 0.251. The van der Waals surface area contributed by atoms with Crippen molar-refractivity contribution in [2.75, 3.05) is 13.7 Å². The van der Waals surface area contributed by atoms with Gasteiger partial charge in [0.15, 0.2) is 5.75 Å². The fourth-order valence-corrected chi connectivity index (χ4v) is 3.17. The molecule has 0 radical (unpaired) electrons. The number of nitriles is 1. The van der Waals surface area contributed by atoms with E-state index in [1.54, 1.807) is 6.07 Å². The largest absolute Gasteiger partial charge is 0.450 e. The molecule has 0 atom stereocenters. The molecular formula is C23H18F4N4O6. The van der Waals surface area contributed by atoms with Crippen LogP contribution in [0, 0.1) is 17.1 Å². The molecule has 10 nitrogen and oxygen atoms in total. The SMILES string of the molecule is COCCCC(=O)Oc1ncccc1Oc1cc(-n2c(=O)cc(C(F)(F)F)n(C)c2=O)c(F)cc1C#N. The molecule has 0 bridgehead atoms. The minimum atomic E-state index is -5.01. The van der Waals surface area contributed by atoms with Crippen LogP contribution in [-0.2, 0) is 22.8 Å². The number of methoxy groups -OCH3 is 1. The molecule has 14 heteroatoms. The van der Waals surface area contributed by atoms with Crippen molar-refractivity contribution in [2.24, 2.45) is 7.05 Å². The van der Waals surface area contributed by atoms with Crippen LogP contribution in [0.4, 0.5) is 17.6 Å². The van der Waals surface area contributed by atoms with Crippen LogP contribution >= 0.6 is 0 Å². The van der Waals surface area contributed by atoms with Crippen molar-refractivity contribution in [1.82, 2.24) is 14.1 Å². The van der Waals surface area contributed by atoms with Crippen LogP contribution in [0.2, 0.25) is 0 Å². The number of carbonyl (C=O) groups excluding carboxylic acids is 1. The van der Waals surface area contributed by atoms with Gasteiger partial charge in [-0.05, 0) is 24.6 Å². The summed E-state index contributed by atoms with van der Waals surface area (Å²) in [5.41, 5.74) is -5.63. The lowest BCUT2D eigenvalue weighted by atomic mass is 10.1. The molecule has 1 aromatic carbocycles. The van der Waals surface area contributed by atoms with E-state index < -0.39 is 46.3 Å². The number of rotatable bonds is 8. The lowest BCUT2D eigenvalue weighted by molar-refractivity contribution is -0.144. The van der Waals surface area contributed by atoms with Crippen LogP contribution in [0.1, 0.15) is 24.1 Å². The Morgan fingerprint density at radius 3 is 2.57 bits per heavy atom. The Hall–Kier alpha value is -4.51. The third-order valence-corrected chi connectivity index (χ3v) is 4.92. The molecule has 0 amide bonds. The molecule has 2 aromatic heterocycles. The first-order chi connectivity index (χ1) is 17.5. The maximum absolute atomic E-state index is 14.8. The Bertz CT molecular complexity index is 1490. The molecule has 0 fully saturated rings. The van der Waals surface area contributed by atoms with E-state index >= 15 is 0 Å². The van der Waals surface area contributed by atoms with Crippen molar-refractivity contribution in [2.45, 2.75) is 19.0 Å². The number of alkyl halides is 3. The van der Waals surface area contributed by atoms with E-state index in [0.717, 1.165) is 13.1 Å². The highest BCUT2D eigenvalue weighted by atomic mass is 19.4. The minimum absolute atomic E-state index is 0.00582. The van der Waals surface area contributed by atoms with Gasteiger partial charge in [-0.15, -0.1) is 0 Å². The highest BCUT2D eigenvalue weighted by Gasteiger charge is 2.35. The average molecular weight is 522 g/mol. The van der Waals surface area contributed by atoms with E-state index in [1.165, 1.54) is 25.4 Å². The van der Waals surface area contributed by atoms with Crippen molar-refractivity contribution < 1.29 is 36.6 Å². The van der Waals surface area contributed by atoms with Gasteiger partial charge in [-0.3, -0.25) is 14.2 Å². The normalized spacial score (nSPS) is 11.2. The summed E-state index contributed by atoms with van der Waals surface area (Å²) in [6.45, 7) is 0.313. The van der Waals surface area contributed by atoms with E-state index in [9.17, 15) is 37.2 Å². The third kappa shape index (κ3) is 6.01. The third-order valence-electron chi connectivity index (χ3n) is 4.92. The van der Waals surface area contributed by atoms with Crippen molar-refractivity contribution in [3.8, 4) is 29.1 Å². The minimum Gasteiger partial charge on any atom is -0.450 e. The molecule has 0 spiro atoms. The second kappa shape index (κ2) is 11.0. The predicted molar refractivity (Wildman–Crippen MR) is 118 cm³/mol. The van der Waals surface area contributed by atoms with Crippen LogP contribution < -0.4 is 20.7 Å². The molecule has 3 aromatic rings. The molecule has 0 saturated heterocycles. The first-order valence-electron chi connectivity index (χ1n) is 10.4. The van der Waals surface area contributed by atoms with Crippen LogP contribution in [0.25, 0.3) is 5.69 Å². The second-order valence-electron chi connectivity index (χ2n) is 7.43. The summed E-state index contributed by atoms with van der Waals surface area (Å²) in [7, 11) is 2.23. The zero-order valence-corrected chi connectivity index (χ0v) is 19.3. The van der Waals surface area contributed by atoms with Crippen LogP contribution in [0.15, 0.2) is 46.1 Å². The summed E-state index contributed by atoms with van der Waals surface area (Å²) in [4.78, 5) is 41.0. The Labute approximate surface area is 205 Å². The predicted octanol–water partition coefficient (Wildman–Crippen LogP) is 3.09. The number of aromatic nitrogens is 3. The molecule has 0 aliphatic rings. The molecular weight excluding hydrogens is 504 g/mol. The zero-order chi connectivity index (χ0) is 27.3. The number of hydrogen-bond acceptors (Lipinski definition) is 8. The maximum Gasteiger partial charge on any atom is 0.431 e. The van der Waals surface area contributed by atoms with Gasteiger partial charge in [0.25, 0.3) is 11.4 Å². The number of pyridine rings is 1.